The largest absolute Gasteiger partial charge is 0.310 e. The number of aliphatic imine (C=N–C) groups is 1. The van der Waals surface area contributed by atoms with Crippen molar-refractivity contribution in [2.24, 2.45) is 4.99 Å². The normalized spacial score (nSPS) is 19.1. The van der Waals surface area contributed by atoms with E-state index < -0.39 is 0 Å². The predicted octanol–water partition coefficient (Wildman–Crippen LogP) is 4.22. The van der Waals surface area contributed by atoms with Crippen LogP contribution >= 0.6 is 0 Å². The molecule has 0 amide bonds. The molecule has 0 saturated carbocycles. The molecule has 0 bridgehead atoms. The number of hydrogen-bond donors (Lipinski definition) is 0. The summed E-state index contributed by atoms with van der Waals surface area (Å²) in [5.41, 5.74) is 3.91. The molecule has 4 rings (SSSR count). The zero-order valence-electron chi connectivity index (χ0n) is 12.9. The molecule has 0 fully saturated rings. The van der Waals surface area contributed by atoms with E-state index in [-0.39, 0.29) is 6.04 Å². The Kier molecular flexibility index (Phi) is 3.34. The first-order chi connectivity index (χ1) is 10.9. The standard InChI is InChI=1S/C19H21N3/c1-2-3-13-21-17-11-7-8-12-18(17)22-14-16(20-19(21)22)15-9-5-4-6-10-15/h4-12,16H,2-3,13-14H2,1H3/t16-/m1/s1. The van der Waals surface area contributed by atoms with E-state index in [0.717, 1.165) is 19.0 Å². The summed E-state index contributed by atoms with van der Waals surface area (Å²) in [6, 6.07) is 19.5. The van der Waals surface area contributed by atoms with E-state index >= 15 is 0 Å². The lowest BCUT2D eigenvalue weighted by Crippen LogP contribution is -2.36. The van der Waals surface area contributed by atoms with Crippen LogP contribution in [0, 0.1) is 0 Å². The zero-order chi connectivity index (χ0) is 14.9. The zero-order valence-corrected chi connectivity index (χ0v) is 12.9. The molecule has 2 heterocycles. The third-order valence-electron chi connectivity index (χ3n) is 4.49. The van der Waals surface area contributed by atoms with Gasteiger partial charge in [-0.05, 0) is 24.1 Å². The Morgan fingerprint density at radius 1 is 1.00 bits per heavy atom. The van der Waals surface area contributed by atoms with Crippen molar-refractivity contribution in [3.8, 4) is 0 Å². The van der Waals surface area contributed by atoms with Crippen LogP contribution in [0.5, 0.6) is 0 Å². The van der Waals surface area contributed by atoms with Crippen LogP contribution in [0.3, 0.4) is 0 Å². The van der Waals surface area contributed by atoms with E-state index in [2.05, 4.69) is 71.3 Å². The summed E-state index contributed by atoms with van der Waals surface area (Å²) in [5, 5.41) is 0. The Labute approximate surface area is 131 Å². The summed E-state index contributed by atoms with van der Waals surface area (Å²) in [6.45, 7) is 4.23. The second-order valence-corrected chi connectivity index (χ2v) is 5.96. The minimum absolute atomic E-state index is 0.244. The number of nitrogens with zero attached hydrogens (tertiary/aromatic N) is 3. The quantitative estimate of drug-likeness (QED) is 0.839. The highest BCUT2D eigenvalue weighted by molar-refractivity contribution is 6.17. The van der Waals surface area contributed by atoms with Gasteiger partial charge in [0, 0.05) is 6.54 Å². The maximum atomic E-state index is 5.04. The van der Waals surface area contributed by atoms with Gasteiger partial charge in [-0.1, -0.05) is 55.8 Å². The number of rotatable bonds is 4. The third-order valence-corrected chi connectivity index (χ3v) is 4.49. The van der Waals surface area contributed by atoms with Crippen LogP contribution in [0.1, 0.15) is 31.4 Å². The maximum Gasteiger partial charge on any atom is 0.206 e. The molecule has 1 atom stereocenters. The molecule has 0 saturated heterocycles. The molecule has 3 nitrogen and oxygen atoms in total. The van der Waals surface area contributed by atoms with Crippen LogP contribution in [-0.4, -0.2) is 19.0 Å². The highest BCUT2D eigenvalue weighted by atomic mass is 15.5. The molecule has 0 radical (unpaired) electrons. The lowest BCUT2D eigenvalue weighted by molar-refractivity contribution is 0.777. The number of unbranched alkanes of at least 4 members (excludes halogenated alkanes) is 1. The van der Waals surface area contributed by atoms with E-state index in [1.54, 1.807) is 0 Å². The number of hydrogen-bond acceptors (Lipinski definition) is 3. The van der Waals surface area contributed by atoms with Crippen molar-refractivity contribution < 1.29 is 0 Å². The fourth-order valence-corrected chi connectivity index (χ4v) is 3.35. The van der Waals surface area contributed by atoms with Gasteiger partial charge in [0.1, 0.15) is 0 Å². The number of para-hydroxylation sites is 2. The number of benzene rings is 2. The highest BCUT2D eigenvalue weighted by Crippen LogP contribution is 2.42. The average Bonchev–Trinajstić information content (AvgIpc) is 3.12. The Morgan fingerprint density at radius 2 is 1.73 bits per heavy atom. The first-order valence-electron chi connectivity index (χ1n) is 8.15. The maximum absolute atomic E-state index is 5.04. The third kappa shape index (κ3) is 2.08. The second-order valence-electron chi connectivity index (χ2n) is 5.96. The summed E-state index contributed by atoms with van der Waals surface area (Å²) in [6.07, 6.45) is 2.39. The van der Waals surface area contributed by atoms with Crippen LogP contribution in [0.4, 0.5) is 11.4 Å². The predicted molar refractivity (Wildman–Crippen MR) is 92.7 cm³/mol. The van der Waals surface area contributed by atoms with Gasteiger partial charge >= 0.3 is 0 Å². The molecule has 22 heavy (non-hydrogen) atoms. The molecule has 2 aromatic rings. The summed E-state index contributed by atoms with van der Waals surface area (Å²) in [5.74, 6) is 1.13. The van der Waals surface area contributed by atoms with E-state index in [1.807, 2.05) is 0 Å². The Bertz CT molecular complexity index is 693. The van der Waals surface area contributed by atoms with Gasteiger partial charge in [-0.3, -0.25) is 0 Å². The molecule has 3 heteroatoms. The fourth-order valence-electron chi connectivity index (χ4n) is 3.35. The minimum atomic E-state index is 0.244. The number of fused-ring (bicyclic) bond motifs is 3. The molecule has 2 aliphatic rings. The van der Waals surface area contributed by atoms with Crippen molar-refractivity contribution in [1.82, 2.24) is 0 Å². The van der Waals surface area contributed by atoms with Crippen molar-refractivity contribution in [3.63, 3.8) is 0 Å². The van der Waals surface area contributed by atoms with Crippen molar-refractivity contribution in [2.75, 3.05) is 22.9 Å². The molecule has 112 valence electrons. The van der Waals surface area contributed by atoms with E-state index in [1.165, 1.54) is 29.8 Å². The Balaban J connectivity index is 1.69. The lowest BCUT2D eigenvalue weighted by Gasteiger charge is -2.18. The van der Waals surface area contributed by atoms with Gasteiger partial charge < -0.3 is 9.80 Å². The van der Waals surface area contributed by atoms with Crippen LogP contribution in [0.2, 0.25) is 0 Å². The fraction of sp³-hybridized carbons (Fsp3) is 0.316. The molecule has 0 spiro atoms. The number of guanidine groups is 1. The molecule has 0 unspecified atom stereocenters. The van der Waals surface area contributed by atoms with Crippen molar-refractivity contribution >= 4 is 17.3 Å². The first kappa shape index (κ1) is 13.4. The van der Waals surface area contributed by atoms with Gasteiger partial charge in [0.15, 0.2) is 0 Å². The number of anilines is 2. The first-order valence-corrected chi connectivity index (χ1v) is 8.15. The summed E-state index contributed by atoms with van der Waals surface area (Å²) >= 11 is 0. The summed E-state index contributed by atoms with van der Waals surface area (Å²) in [7, 11) is 0. The summed E-state index contributed by atoms with van der Waals surface area (Å²) in [4.78, 5) is 9.81. The minimum Gasteiger partial charge on any atom is -0.310 e. The SMILES string of the molecule is CCCCN1C2=N[C@@H](c3ccccc3)CN2c2ccccc21. The molecular formula is C19H21N3. The van der Waals surface area contributed by atoms with Crippen LogP contribution in [0.25, 0.3) is 0 Å². The second kappa shape index (κ2) is 5.48. The average molecular weight is 291 g/mol. The van der Waals surface area contributed by atoms with Gasteiger partial charge in [0.2, 0.25) is 5.96 Å². The van der Waals surface area contributed by atoms with E-state index in [4.69, 9.17) is 4.99 Å². The van der Waals surface area contributed by atoms with Crippen molar-refractivity contribution in [3.05, 3.63) is 60.2 Å². The van der Waals surface area contributed by atoms with Crippen LogP contribution < -0.4 is 9.80 Å². The topological polar surface area (TPSA) is 18.8 Å². The van der Waals surface area contributed by atoms with E-state index in [9.17, 15) is 0 Å². The van der Waals surface area contributed by atoms with Gasteiger partial charge in [-0.25, -0.2) is 4.99 Å². The smallest absolute Gasteiger partial charge is 0.206 e. The van der Waals surface area contributed by atoms with Gasteiger partial charge in [0.25, 0.3) is 0 Å². The highest BCUT2D eigenvalue weighted by Gasteiger charge is 2.38. The molecule has 2 aromatic carbocycles. The molecular weight excluding hydrogens is 270 g/mol. The van der Waals surface area contributed by atoms with Gasteiger partial charge in [0.05, 0.1) is 24.0 Å². The molecule has 2 aliphatic heterocycles. The van der Waals surface area contributed by atoms with Crippen LogP contribution in [0.15, 0.2) is 59.6 Å². The van der Waals surface area contributed by atoms with Crippen molar-refractivity contribution in [1.29, 1.82) is 0 Å². The molecule has 0 aromatic heterocycles. The monoisotopic (exact) mass is 291 g/mol. The Morgan fingerprint density at radius 3 is 2.50 bits per heavy atom. The van der Waals surface area contributed by atoms with Crippen LogP contribution in [-0.2, 0) is 0 Å². The van der Waals surface area contributed by atoms with E-state index in [0.29, 0.717) is 0 Å². The van der Waals surface area contributed by atoms with Gasteiger partial charge in [-0.2, -0.15) is 0 Å². The summed E-state index contributed by atoms with van der Waals surface area (Å²) < 4.78 is 0. The Hall–Kier alpha value is -2.29. The molecule has 0 N–H and O–H groups in total. The van der Waals surface area contributed by atoms with Gasteiger partial charge in [-0.15, -0.1) is 0 Å². The lowest BCUT2D eigenvalue weighted by atomic mass is 10.1. The van der Waals surface area contributed by atoms with Crippen molar-refractivity contribution in [2.45, 2.75) is 25.8 Å². The molecule has 0 aliphatic carbocycles.